The number of nitrogens with zero attached hydrogens (tertiary/aromatic N) is 1. The molecule has 0 radical (unpaired) electrons. The second kappa shape index (κ2) is 12.9. The average molecular weight is 786 g/mol. The number of hydrogen-bond acceptors (Lipinski definition) is 2. The standard InChI is InChI=1S/C56H35NS2/c1-2-13-34(14-3-1)46-31-37-26-25-35(29-47(37)40-16-5-4-15-39(40)46)36-27-28-52-48(30-36)41-17-6-9-22-51(41)57(52)38-32-49-43-19-8-11-24-54(43)59-56(49)50(33-38)45-21-12-20-44-42-18-7-10-23-53(42)58-55(44)45/h1-33,42,53H. The number of para-hydroxylation sites is 1. The van der Waals surface area contributed by atoms with E-state index in [-0.39, 0.29) is 0 Å². The van der Waals surface area contributed by atoms with Gasteiger partial charge in [-0.25, -0.2) is 0 Å². The van der Waals surface area contributed by atoms with Crippen molar-refractivity contribution in [2.75, 3.05) is 0 Å². The van der Waals surface area contributed by atoms with Gasteiger partial charge in [0.2, 0.25) is 0 Å². The Bertz CT molecular complexity index is 3600. The Balaban J connectivity index is 1.01. The second-order valence-corrected chi connectivity index (χ2v) is 18.2. The number of thioether (sulfide) groups is 1. The van der Waals surface area contributed by atoms with Crippen LogP contribution in [0.2, 0.25) is 0 Å². The van der Waals surface area contributed by atoms with Crippen LogP contribution >= 0.6 is 23.1 Å². The molecule has 276 valence electrons. The van der Waals surface area contributed by atoms with Gasteiger partial charge in [-0.1, -0.05) is 152 Å². The number of fused-ring (bicyclic) bond motifs is 12. The van der Waals surface area contributed by atoms with E-state index >= 15 is 0 Å². The first-order chi connectivity index (χ1) is 29.2. The first-order valence-corrected chi connectivity index (χ1v) is 22.1. The summed E-state index contributed by atoms with van der Waals surface area (Å²) in [6.45, 7) is 0. The van der Waals surface area contributed by atoms with Gasteiger partial charge in [0.15, 0.2) is 0 Å². The van der Waals surface area contributed by atoms with Crippen LogP contribution in [0.15, 0.2) is 205 Å². The van der Waals surface area contributed by atoms with Crippen LogP contribution in [0, 0.1) is 0 Å². The summed E-state index contributed by atoms with van der Waals surface area (Å²) < 4.78 is 5.18. The molecule has 3 heterocycles. The fraction of sp³-hybridized carbons (Fsp3) is 0.0357. The van der Waals surface area contributed by atoms with Gasteiger partial charge in [0.05, 0.1) is 11.0 Å². The molecule has 0 saturated heterocycles. The molecule has 0 N–H and O–H groups in total. The molecule has 0 bridgehead atoms. The van der Waals surface area contributed by atoms with Crippen molar-refractivity contribution in [1.29, 1.82) is 0 Å². The van der Waals surface area contributed by atoms with Gasteiger partial charge in [-0.3, -0.25) is 0 Å². The van der Waals surface area contributed by atoms with Crippen LogP contribution in [-0.4, -0.2) is 9.82 Å². The van der Waals surface area contributed by atoms with E-state index in [2.05, 4.69) is 205 Å². The summed E-state index contributed by atoms with van der Waals surface area (Å²) in [6, 6.07) is 65.8. The topological polar surface area (TPSA) is 4.93 Å². The normalized spacial score (nSPS) is 15.9. The van der Waals surface area contributed by atoms with Crippen molar-refractivity contribution in [1.82, 2.24) is 4.57 Å². The van der Waals surface area contributed by atoms with E-state index in [1.807, 2.05) is 23.1 Å². The lowest BCUT2D eigenvalue weighted by Crippen LogP contribution is -2.06. The molecule has 3 heteroatoms. The van der Waals surface area contributed by atoms with E-state index in [1.165, 1.54) is 113 Å². The van der Waals surface area contributed by atoms with Gasteiger partial charge in [-0.15, -0.1) is 23.1 Å². The lowest BCUT2D eigenvalue weighted by Gasteiger charge is -2.15. The summed E-state index contributed by atoms with van der Waals surface area (Å²) in [5, 5.41) is 10.7. The third kappa shape index (κ3) is 5.05. The lowest BCUT2D eigenvalue weighted by atomic mass is 9.90. The highest BCUT2D eigenvalue weighted by Crippen LogP contribution is 2.54. The van der Waals surface area contributed by atoms with E-state index in [1.54, 1.807) is 0 Å². The van der Waals surface area contributed by atoms with Gasteiger partial charge in [-0.05, 0) is 103 Å². The van der Waals surface area contributed by atoms with Crippen molar-refractivity contribution in [3.8, 4) is 39.1 Å². The molecule has 0 fully saturated rings. The Hall–Kier alpha value is -6.65. The number of aromatic nitrogens is 1. The molecular formula is C56H35NS2. The minimum Gasteiger partial charge on any atom is -0.309 e. The highest BCUT2D eigenvalue weighted by atomic mass is 32.2. The average Bonchev–Trinajstić information content (AvgIpc) is 3.98. The van der Waals surface area contributed by atoms with Gasteiger partial charge in [0.25, 0.3) is 0 Å². The third-order valence-corrected chi connectivity index (χ3v) is 15.3. The smallest absolute Gasteiger partial charge is 0.0541 e. The summed E-state index contributed by atoms with van der Waals surface area (Å²) in [7, 11) is 0. The Morgan fingerprint density at radius 2 is 1.15 bits per heavy atom. The molecule has 13 rings (SSSR count). The van der Waals surface area contributed by atoms with Gasteiger partial charge in [-0.2, -0.15) is 0 Å². The van der Waals surface area contributed by atoms with Gasteiger partial charge >= 0.3 is 0 Å². The predicted molar refractivity (Wildman–Crippen MR) is 256 cm³/mol. The molecule has 59 heavy (non-hydrogen) atoms. The van der Waals surface area contributed by atoms with Gasteiger partial charge < -0.3 is 4.57 Å². The monoisotopic (exact) mass is 785 g/mol. The predicted octanol–water partition coefficient (Wildman–Crippen LogP) is 16.1. The maximum atomic E-state index is 2.50. The number of thiophene rings is 1. The molecule has 1 aliphatic carbocycles. The molecule has 2 atom stereocenters. The van der Waals surface area contributed by atoms with Crippen molar-refractivity contribution in [3.63, 3.8) is 0 Å². The molecule has 2 unspecified atom stereocenters. The molecule has 11 aromatic rings. The highest BCUT2D eigenvalue weighted by molar-refractivity contribution is 8.00. The summed E-state index contributed by atoms with van der Waals surface area (Å²) in [6.07, 6.45) is 9.18. The molecule has 9 aromatic carbocycles. The van der Waals surface area contributed by atoms with Crippen LogP contribution < -0.4 is 0 Å². The molecule has 2 aliphatic rings. The van der Waals surface area contributed by atoms with Crippen LogP contribution in [0.1, 0.15) is 11.5 Å². The van der Waals surface area contributed by atoms with Crippen LogP contribution in [0.5, 0.6) is 0 Å². The van der Waals surface area contributed by atoms with E-state index in [4.69, 9.17) is 0 Å². The van der Waals surface area contributed by atoms with E-state index in [9.17, 15) is 0 Å². The lowest BCUT2D eigenvalue weighted by molar-refractivity contribution is 0.881. The van der Waals surface area contributed by atoms with Gasteiger partial charge in [0.1, 0.15) is 0 Å². The maximum absolute atomic E-state index is 2.50. The largest absolute Gasteiger partial charge is 0.309 e. The van der Waals surface area contributed by atoms with Crippen molar-refractivity contribution in [2.24, 2.45) is 0 Å². The van der Waals surface area contributed by atoms with Crippen molar-refractivity contribution in [3.05, 3.63) is 206 Å². The maximum Gasteiger partial charge on any atom is 0.0541 e. The highest BCUT2D eigenvalue weighted by Gasteiger charge is 2.33. The van der Waals surface area contributed by atoms with E-state index in [0.29, 0.717) is 11.2 Å². The zero-order valence-electron chi connectivity index (χ0n) is 32.0. The SMILES string of the molecule is C1=CC2Sc3c(-c4cc(-n5c6ccccc6c6cc(-c7ccc8cc(-c9ccccc9)c9ccccc9c8c7)ccc65)cc5c4sc4ccccc45)cccc3C2C=C1. The molecule has 0 amide bonds. The number of benzene rings is 9. The fourth-order valence-corrected chi connectivity index (χ4v) is 12.7. The molecule has 1 nitrogen and oxygen atoms in total. The minimum atomic E-state index is 0.417. The molecule has 1 aliphatic heterocycles. The minimum absolute atomic E-state index is 0.417. The first-order valence-electron chi connectivity index (χ1n) is 20.4. The van der Waals surface area contributed by atoms with Crippen molar-refractivity contribution in [2.45, 2.75) is 16.1 Å². The summed E-state index contributed by atoms with van der Waals surface area (Å²) in [4.78, 5) is 1.42. The molecule has 2 aromatic heterocycles. The summed E-state index contributed by atoms with van der Waals surface area (Å²) in [5.74, 6) is 0.417. The first kappa shape index (κ1) is 33.3. The van der Waals surface area contributed by atoms with E-state index in [0.717, 1.165) is 0 Å². The zero-order chi connectivity index (χ0) is 38.6. The van der Waals surface area contributed by atoms with Crippen molar-refractivity contribution < 1.29 is 0 Å². The second-order valence-electron chi connectivity index (χ2n) is 15.9. The third-order valence-electron chi connectivity index (χ3n) is 12.7. The number of hydrogen-bond donors (Lipinski definition) is 0. The van der Waals surface area contributed by atoms with Crippen LogP contribution in [0.25, 0.3) is 103 Å². The molecule has 0 spiro atoms. The van der Waals surface area contributed by atoms with Crippen LogP contribution in [0.4, 0.5) is 0 Å². The Kier molecular flexibility index (Phi) is 7.30. The number of rotatable bonds is 4. The fourth-order valence-electron chi connectivity index (χ4n) is 9.99. The Labute approximate surface area is 350 Å². The molecular weight excluding hydrogens is 751 g/mol. The molecule has 0 saturated carbocycles. The quantitative estimate of drug-likeness (QED) is 0.161. The Morgan fingerprint density at radius 1 is 0.424 bits per heavy atom. The van der Waals surface area contributed by atoms with Gasteiger partial charge in [0, 0.05) is 58.3 Å². The Morgan fingerprint density at radius 3 is 2.05 bits per heavy atom. The zero-order valence-corrected chi connectivity index (χ0v) is 33.6. The van der Waals surface area contributed by atoms with Crippen molar-refractivity contribution >= 4 is 86.6 Å². The van der Waals surface area contributed by atoms with E-state index < -0.39 is 0 Å². The summed E-state index contributed by atoms with van der Waals surface area (Å²) in [5.41, 5.74) is 12.7. The number of allylic oxidation sites excluding steroid dienone is 3. The van der Waals surface area contributed by atoms with Crippen LogP contribution in [0.3, 0.4) is 0 Å². The summed E-state index contributed by atoms with van der Waals surface area (Å²) >= 11 is 3.95. The van der Waals surface area contributed by atoms with Crippen LogP contribution in [-0.2, 0) is 0 Å².